The molecule has 3 fully saturated rings. The first-order chi connectivity index (χ1) is 24.0. The lowest BCUT2D eigenvalue weighted by molar-refractivity contribution is -0.137. The zero-order chi connectivity index (χ0) is 35.6. The molecule has 2 saturated carbocycles. The van der Waals surface area contributed by atoms with Gasteiger partial charge in [0, 0.05) is 50.3 Å². The fraction of sp³-hybridized carbons (Fsp3) is 0.583. The highest BCUT2D eigenvalue weighted by molar-refractivity contribution is 7.07. The van der Waals surface area contributed by atoms with Gasteiger partial charge in [-0.1, -0.05) is 43.3 Å². The van der Waals surface area contributed by atoms with Gasteiger partial charge in [0.1, 0.15) is 22.4 Å². The molecular formula is C36H47FN8O4S. The quantitative estimate of drug-likeness (QED) is 0.290. The number of nitrogens with zero attached hydrogens (tertiary/aromatic N) is 6. The van der Waals surface area contributed by atoms with Crippen LogP contribution in [0.15, 0.2) is 36.7 Å². The van der Waals surface area contributed by atoms with Gasteiger partial charge in [-0.15, -0.1) is 5.10 Å². The second-order valence-electron chi connectivity index (χ2n) is 14.4. The first-order valence-electron chi connectivity index (χ1n) is 17.7. The first kappa shape index (κ1) is 35.8. The topological polar surface area (TPSA) is 142 Å². The van der Waals surface area contributed by atoms with Gasteiger partial charge in [0.25, 0.3) is 11.8 Å². The molecule has 1 saturated heterocycles. The van der Waals surface area contributed by atoms with Crippen molar-refractivity contribution in [2.75, 3.05) is 26.7 Å². The highest BCUT2D eigenvalue weighted by atomic mass is 32.1. The normalized spacial score (nSPS) is 22.1. The van der Waals surface area contributed by atoms with E-state index in [1.807, 2.05) is 11.8 Å². The zero-order valence-corrected chi connectivity index (χ0v) is 30.0. The molecule has 50 heavy (non-hydrogen) atoms. The molecule has 3 aromatic rings. The minimum Gasteiger partial charge on any atom is -0.341 e. The molecule has 0 unspecified atom stereocenters. The summed E-state index contributed by atoms with van der Waals surface area (Å²) in [5, 5.41) is 13.8. The molecule has 268 valence electrons. The summed E-state index contributed by atoms with van der Waals surface area (Å²) in [5.74, 6) is -1.94. The number of carbonyl (C=O) groups excluding carboxylic acids is 4. The maximum atomic E-state index is 15.9. The number of amides is 3. The Morgan fingerprint density at radius 1 is 1.06 bits per heavy atom. The van der Waals surface area contributed by atoms with Gasteiger partial charge in [0.2, 0.25) is 5.91 Å². The molecule has 3 aliphatic rings. The summed E-state index contributed by atoms with van der Waals surface area (Å²) >= 11 is 0.938. The number of ketones is 1. The predicted octanol–water partition coefficient (Wildman–Crippen LogP) is 3.84. The number of nitrogens with one attached hydrogen (secondary N) is 2. The van der Waals surface area contributed by atoms with Crippen LogP contribution in [0.2, 0.25) is 0 Å². The molecule has 2 aromatic heterocycles. The van der Waals surface area contributed by atoms with Crippen molar-refractivity contribution < 1.29 is 23.6 Å². The number of Topliss-reactive ketones (excluding diaryl/α,β-unsaturated/α-hetero) is 1. The van der Waals surface area contributed by atoms with Gasteiger partial charge in [-0.2, -0.15) is 5.10 Å². The second kappa shape index (κ2) is 15.1. The van der Waals surface area contributed by atoms with Crippen LogP contribution in [0, 0.1) is 17.7 Å². The van der Waals surface area contributed by atoms with Crippen molar-refractivity contribution in [1.82, 2.24) is 39.8 Å². The lowest BCUT2D eigenvalue weighted by atomic mass is 9.77. The number of rotatable bonds is 12. The van der Waals surface area contributed by atoms with Crippen molar-refractivity contribution in [3.63, 3.8) is 0 Å². The lowest BCUT2D eigenvalue weighted by Gasteiger charge is -2.42. The van der Waals surface area contributed by atoms with Crippen LogP contribution in [-0.4, -0.2) is 97.0 Å². The molecule has 1 aliphatic heterocycles. The van der Waals surface area contributed by atoms with Gasteiger partial charge >= 0.3 is 0 Å². The molecule has 0 radical (unpaired) electrons. The van der Waals surface area contributed by atoms with Gasteiger partial charge in [-0.25, -0.2) is 4.39 Å². The number of aryl methyl sites for hydroxylation is 1. The maximum absolute atomic E-state index is 15.9. The van der Waals surface area contributed by atoms with Crippen LogP contribution in [0.25, 0.3) is 0 Å². The van der Waals surface area contributed by atoms with Crippen molar-refractivity contribution in [1.29, 1.82) is 0 Å². The summed E-state index contributed by atoms with van der Waals surface area (Å²) in [5.41, 5.74) is 1.10. The van der Waals surface area contributed by atoms with E-state index in [1.54, 1.807) is 36.0 Å². The fourth-order valence-corrected chi connectivity index (χ4v) is 7.98. The second-order valence-corrected chi connectivity index (χ2v) is 15.2. The van der Waals surface area contributed by atoms with E-state index in [0.29, 0.717) is 36.8 Å². The van der Waals surface area contributed by atoms with E-state index in [-0.39, 0.29) is 45.9 Å². The van der Waals surface area contributed by atoms with Crippen LogP contribution >= 0.6 is 11.5 Å². The first-order valence-corrected chi connectivity index (χ1v) is 18.5. The Labute approximate surface area is 296 Å². The Hall–Kier alpha value is -4.04. The van der Waals surface area contributed by atoms with Gasteiger partial charge in [0.05, 0.1) is 12.2 Å². The summed E-state index contributed by atoms with van der Waals surface area (Å²) in [6, 6.07) is 4.57. The molecule has 3 amide bonds. The van der Waals surface area contributed by atoms with Crippen molar-refractivity contribution in [3.05, 3.63) is 64.2 Å². The SMILES string of the molecule is CCn1nccc1C(=O)N[C@H](C(=O)Cc1ccc([C@H](C)[C@@H](NC(=O)c2cnns2)C(=O)N2CCN(C)C3(CC3)C2)cc1F)C1CCC(C)CC1. The minimum atomic E-state index is -0.958. The van der Waals surface area contributed by atoms with Gasteiger partial charge in [-0.3, -0.25) is 28.8 Å². The van der Waals surface area contributed by atoms with E-state index >= 15 is 4.39 Å². The average Bonchev–Trinajstić information content (AvgIpc) is 3.46. The third kappa shape index (κ3) is 7.65. The number of piperazine rings is 1. The zero-order valence-electron chi connectivity index (χ0n) is 29.2. The van der Waals surface area contributed by atoms with E-state index in [1.165, 1.54) is 12.3 Å². The molecule has 1 aromatic carbocycles. The summed E-state index contributed by atoms with van der Waals surface area (Å²) in [7, 11) is 2.08. The third-order valence-electron chi connectivity index (χ3n) is 11.2. The van der Waals surface area contributed by atoms with Crippen LogP contribution in [0.5, 0.6) is 0 Å². The number of aromatic nitrogens is 4. The molecule has 12 nitrogen and oxygen atoms in total. The van der Waals surface area contributed by atoms with E-state index in [2.05, 4.69) is 44.2 Å². The van der Waals surface area contributed by atoms with Crippen LogP contribution in [0.1, 0.15) is 96.5 Å². The fourth-order valence-electron chi connectivity index (χ4n) is 7.57. The molecule has 0 bridgehead atoms. The van der Waals surface area contributed by atoms with Gasteiger partial charge in [0.15, 0.2) is 5.78 Å². The van der Waals surface area contributed by atoms with E-state index < -0.39 is 29.7 Å². The minimum absolute atomic E-state index is 0.0159. The number of likely N-dealkylation sites (N-methyl/N-ethyl adjacent to an activating group) is 1. The highest BCUT2D eigenvalue weighted by Crippen LogP contribution is 2.43. The molecule has 6 rings (SSSR count). The van der Waals surface area contributed by atoms with Crippen molar-refractivity contribution in [2.24, 2.45) is 11.8 Å². The number of hydrogen-bond donors (Lipinski definition) is 2. The monoisotopic (exact) mass is 706 g/mol. The van der Waals surface area contributed by atoms with Crippen LogP contribution < -0.4 is 10.6 Å². The third-order valence-corrected chi connectivity index (χ3v) is 11.8. The lowest BCUT2D eigenvalue weighted by Crippen LogP contribution is -2.59. The van der Waals surface area contributed by atoms with Crippen molar-refractivity contribution >= 4 is 35.0 Å². The van der Waals surface area contributed by atoms with Gasteiger partial charge < -0.3 is 15.5 Å². The molecular weight excluding hydrogens is 660 g/mol. The average molecular weight is 707 g/mol. The van der Waals surface area contributed by atoms with Crippen molar-refractivity contribution in [3.8, 4) is 0 Å². The summed E-state index contributed by atoms with van der Waals surface area (Å²) < 4.78 is 21.3. The number of benzene rings is 1. The van der Waals surface area contributed by atoms with E-state index in [0.717, 1.165) is 56.6 Å². The number of halogens is 1. The number of carbonyl (C=O) groups is 4. The Kier molecular flexibility index (Phi) is 10.8. The largest absolute Gasteiger partial charge is 0.341 e. The standard InChI is InChI=1S/C36H47FN8O4S/c1-5-45-28(12-15-39-45)33(47)41-32(24-8-6-22(2)7-9-24)29(46)19-26-11-10-25(18-27(26)37)23(3)31(40-34(48)30-20-38-42-50-30)35(49)44-17-16-43(4)36(21-44)13-14-36/h10-12,15,18,20,22-24,31-32H,5-9,13-14,16-17,19,21H2,1-4H3,(H,40,48)(H,41,47)/t22?,23-,24?,31+,32-/m0/s1. The molecule has 3 atom stereocenters. The van der Waals surface area contributed by atoms with Crippen LogP contribution in [-0.2, 0) is 22.6 Å². The van der Waals surface area contributed by atoms with E-state index in [9.17, 15) is 19.2 Å². The number of hydrogen-bond acceptors (Lipinski definition) is 9. The smallest absolute Gasteiger partial charge is 0.270 e. The molecule has 2 N–H and O–H groups in total. The molecule has 2 aliphatic carbocycles. The maximum Gasteiger partial charge on any atom is 0.270 e. The predicted molar refractivity (Wildman–Crippen MR) is 186 cm³/mol. The Morgan fingerprint density at radius 3 is 2.48 bits per heavy atom. The summed E-state index contributed by atoms with van der Waals surface area (Å²) in [6.45, 7) is 8.25. The molecule has 14 heteroatoms. The summed E-state index contributed by atoms with van der Waals surface area (Å²) in [4.78, 5) is 58.9. The van der Waals surface area contributed by atoms with E-state index in [4.69, 9.17) is 0 Å². The Balaban J connectivity index is 1.20. The summed E-state index contributed by atoms with van der Waals surface area (Å²) in [6.07, 6.45) is 8.29. The Bertz CT molecular complexity index is 1700. The molecule has 3 heterocycles. The van der Waals surface area contributed by atoms with Crippen LogP contribution in [0.4, 0.5) is 4.39 Å². The van der Waals surface area contributed by atoms with Crippen LogP contribution in [0.3, 0.4) is 0 Å². The molecule has 1 spiro atoms. The van der Waals surface area contributed by atoms with Crippen molar-refractivity contribution in [2.45, 2.75) is 95.8 Å². The Morgan fingerprint density at radius 2 is 1.82 bits per heavy atom. The van der Waals surface area contributed by atoms with Gasteiger partial charge in [-0.05, 0) is 86.3 Å². The highest BCUT2D eigenvalue weighted by Gasteiger charge is 2.51.